The van der Waals surface area contributed by atoms with E-state index in [1.165, 1.54) is 0 Å². The number of nitrogens with one attached hydrogen (secondary N) is 2. The van der Waals surface area contributed by atoms with Gasteiger partial charge in [-0.05, 0) is 6.92 Å². The molecule has 1 fully saturated rings. The molecule has 0 aromatic heterocycles. The molecule has 1 heterocycles. The lowest BCUT2D eigenvalue weighted by molar-refractivity contribution is -0.156. The van der Waals surface area contributed by atoms with Gasteiger partial charge in [0.2, 0.25) is 5.91 Å². The summed E-state index contributed by atoms with van der Waals surface area (Å²) in [6.45, 7) is 0.676. The summed E-state index contributed by atoms with van der Waals surface area (Å²) in [5, 5.41) is 22.3. The second-order valence-corrected chi connectivity index (χ2v) is 4.58. The number of rotatable bonds is 4. The Hall–Kier alpha value is -1.28. The normalized spacial score (nSPS) is 23.4. The van der Waals surface area contributed by atoms with Crippen molar-refractivity contribution in [2.24, 2.45) is 0 Å². The van der Waals surface area contributed by atoms with Crippen LogP contribution in [0.2, 0.25) is 0 Å². The fraction of sp³-hybridized carbons (Fsp3) is 0.625. The minimum atomic E-state index is -2.01. The maximum Gasteiger partial charge on any atom is 0.337 e. The number of carbonyl (C=O) groups is 3. The van der Waals surface area contributed by atoms with Crippen molar-refractivity contribution in [2.45, 2.75) is 18.6 Å². The summed E-state index contributed by atoms with van der Waals surface area (Å²) in [5.41, 5.74) is -2.01. The third-order valence-electron chi connectivity index (χ3n) is 2.06. The number of thioether (sulfide) groups is 1. The molecule has 0 radical (unpaired) electrons. The van der Waals surface area contributed by atoms with Gasteiger partial charge in [0.15, 0.2) is 5.60 Å². The minimum absolute atomic E-state index is 0.287. The van der Waals surface area contributed by atoms with Crippen molar-refractivity contribution in [3.8, 4) is 0 Å². The van der Waals surface area contributed by atoms with Gasteiger partial charge < -0.3 is 20.8 Å². The van der Waals surface area contributed by atoms with E-state index in [1.807, 2.05) is 0 Å². The molecule has 2 atom stereocenters. The van der Waals surface area contributed by atoms with E-state index >= 15 is 0 Å². The minimum Gasteiger partial charge on any atom is -0.479 e. The van der Waals surface area contributed by atoms with Crippen LogP contribution in [0.1, 0.15) is 6.92 Å². The Balaban J connectivity index is 2.41. The van der Waals surface area contributed by atoms with Crippen LogP contribution in [0.25, 0.3) is 0 Å². The van der Waals surface area contributed by atoms with E-state index in [0.717, 1.165) is 18.7 Å². The van der Waals surface area contributed by atoms with E-state index in [-0.39, 0.29) is 5.24 Å². The third kappa shape index (κ3) is 3.11. The number of carboxylic acid groups (broad SMARTS) is 1. The zero-order chi connectivity index (χ0) is 12.3. The SMILES string of the molecule is CC(O)(CNC(=O)C1CSC(=O)N1)C(=O)O. The molecule has 7 nitrogen and oxygen atoms in total. The van der Waals surface area contributed by atoms with Crippen molar-refractivity contribution >= 4 is 28.9 Å². The summed E-state index contributed by atoms with van der Waals surface area (Å²) >= 11 is 0.984. The Morgan fingerprint density at radius 3 is 2.75 bits per heavy atom. The van der Waals surface area contributed by atoms with Gasteiger partial charge in [-0.3, -0.25) is 9.59 Å². The van der Waals surface area contributed by atoms with Gasteiger partial charge in [-0.1, -0.05) is 11.8 Å². The molecule has 0 aromatic rings. The third-order valence-corrected chi connectivity index (χ3v) is 2.94. The Kier molecular flexibility index (Phi) is 3.76. The summed E-state index contributed by atoms with van der Waals surface area (Å²) in [7, 11) is 0. The molecule has 0 aromatic carbocycles. The summed E-state index contributed by atoms with van der Waals surface area (Å²) in [6, 6.07) is -0.665. The van der Waals surface area contributed by atoms with Crippen LogP contribution in [-0.4, -0.2) is 51.3 Å². The van der Waals surface area contributed by atoms with Crippen molar-refractivity contribution in [2.75, 3.05) is 12.3 Å². The van der Waals surface area contributed by atoms with Crippen LogP contribution in [0.15, 0.2) is 0 Å². The molecule has 0 bridgehead atoms. The molecule has 4 N–H and O–H groups in total. The highest BCUT2D eigenvalue weighted by atomic mass is 32.2. The first kappa shape index (κ1) is 12.8. The highest BCUT2D eigenvalue weighted by Crippen LogP contribution is 2.13. The molecule has 16 heavy (non-hydrogen) atoms. The topological polar surface area (TPSA) is 116 Å². The predicted octanol–water partition coefficient (Wildman–Crippen LogP) is -1.24. The maximum absolute atomic E-state index is 11.4. The Bertz CT molecular complexity index is 330. The van der Waals surface area contributed by atoms with Crippen LogP contribution in [0.4, 0.5) is 4.79 Å². The van der Waals surface area contributed by atoms with Crippen LogP contribution in [0.5, 0.6) is 0 Å². The lowest BCUT2D eigenvalue weighted by atomic mass is 10.1. The largest absolute Gasteiger partial charge is 0.479 e. The fourth-order valence-electron chi connectivity index (χ4n) is 0.984. The summed E-state index contributed by atoms with van der Waals surface area (Å²) in [5.74, 6) is -1.61. The molecular formula is C8H12N2O5S. The Morgan fingerprint density at radius 1 is 1.69 bits per heavy atom. The van der Waals surface area contributed by atoms with E-state index in [0.29, 0.717) is 5.75 Å². The van der Waals surface area contributed by atoms with Crippen molar-refractivity contribution in [3.05, 3.63) is 0 Å². The average molecular weight is 248 g/mol. The molecule has 0 spiro atoms. The molecule has 2 unspecified atom stereocenters. The van der Waals surface area contributed by atoms with E-state index in [2.05, 4.69) is 10.6 Å². The van der Waals surface area contributed by atoms with Crippen molar-refractivity contribution in [3.63, 3.8) is 0 Å². The first-order valence-corrected chi connectivity index (χ1v) is 5.48. The highest BCUT2D eigenvalue weighted by molar-refractivity contribution is 8.14. The van der Waals surface area contributed by atoms with Crippen LogP contribution in [0, 0.1) is 0 Å². The number of hydrogen-bond donors (Lipinski definition) is 4. The van der Waals surface area contributed by atoms with Gasteiger partial charge >= 0.3 is 5.97 Å². The molecule has 1 aliphatic heterocycles. The van der Waals surface area contributed by atoms with Gasteiger partial charge in [-0.15, -0.1) is 0 Å². The van der Waals surface area contributed by atoms with Gasteiger partial charge in [0.05, 0.1) is 6.54 Å². The van der Waals surface area contributed by atoms with Crippen LogP contribution in [0.3, 0.4) is 0 Å². The lowest BCUT2D eigenvalue weighted by Gasteiger charge is -2.19. The monoisotopic (exact) mass is 248 g/mol. The molecule has 1 saturated heterocycles. The van der Waals surface area contributed by atoms with Gasteiger partial charge in [-0.2, -0.15) is 0 Å². The number of aliphatic hydroxyl groups is 1. The summed E-state index contributed by atoms with van der Waals surface area (Å²) in [6.07, 6.45) is 0. The summed E-state index contributed by atoms with van der Waals surface area (Å²) < 4.78 is 0. The van der Waals surface area contributed by atoms with Crippen LogP contribution < -0.4 is 10.6 Å². The first-order valence-electron chi connectivity index (χ1n) is 4.50. The standard InChI is InChI=1S/C8H12N2O5S/c1-8(15,6(12)13)3-9-5(11)4-2-16-7(14)10-4/h4,15H,2-3H2,1H3,(H,9,11)(H,10,14)(H,12,13). The molecular weight excluding hydrogens is 236 g/mol. The quantitative estimate of drug-likeness (QED) is 0.495. The smallest absolute Gasteiger partial charge is 0.337 e. The zero-order valence-electron chi connectivity index (χ0n) is 8.52. The Morgan fingerprint density at radius 2 is 2.31 bits per heavy atom. The first-order chi connectivity index (χ1) is 7.33. The number of hydrogen-bond acceptors (Lipinski definition) is 5. The fourth-order valence-corrected chi connectivity index (χ4v) is 1.76. The zero-order valence-corrected chi connectivity index (χ0v) is 9.34. The van der Waals surface area contributed by atoms with Gasteiger partial charge in [0.1, 0.15) is 6.04 Å². The summed E-state index contributed by atoms with van der Waals surface area (Å²) in [4.78, 5) is 32.7. The maximum atomic E-state index is 11.4. The van der Waals surface area contributed by atoms with E-state index in [4.69, 9.17) is 5.11 Å². The predicted molar refractivity (Wildman–Crippen MR) is 56.0 cm³/mol. The second kappa shape index (κ2) is 4.71. The Labute approximate surface area is 95.6 Å². The number of aliphatic carboxylic acids is 1. The highest BCUT2D eigenvalue weighted by Gasteiger charge is 2.33. The van der Waals surface area contributed by atoms with E-state index in [1.54, 1.807) is 0 Å². The lowest BCUT2D eigenvalue weighted by Crippen LogP contribution is -2.51. The van der Waals surface area contributed by atoms with Crippen molar-refractivity contribution in [1.82, 2.24) is 10.6 Å². The van der Waals surface area contributed by atoms with Gasteiger partial charge in [-0.25, -0.2) is 4.79 Å². The number of carbonyl (C=O) groups excluding carboxylic acids is 2. The molecule has 90 valence electrons. The molecule has 0 saturated carbocycles. The molecule has 0 aliphatic carbocycles. The number of amides is 2. The second-order valence-electron chi connectivity index (χ2n) is 3.59. The molecule has 1 rings (SSSR count). The van der Waals surface area contributed by atoms with Crippen molar-refractivity contribution in [1.29, 1.82) is 0 Å². The van der Waals surface area contributed by atoms with Crippen molar-refractivity contribution < 1.29 is 24.6 Å². The molecule has 2 amide bonds. The number of carboxylic acids is 1. The molecule has 1 aliphatic rings. The van der Waals surface area contributed by atoms with Crippen LogP contribution in [-0.2, 0) is 9.59 Å². The van der Waals surface area contributed by atoms with E-state index in [9.17, 15) is 19.5 Å². The average Bonchev–Trinajstić information content (AvgIpc) is 2.61. The molecule has 8 heteroatoms. The van der Waals surface area contributed by atoms with Gasteiger partial charge in [0.25, 0.3) is 5.24 Å². The van der Waals surface area contributed by atoms with Crippen LogP contribution >= 0.6 is 11.8 Å². The van der Waals surface area contributed by atoms with E-state index < -0.39 is 30.1 Å². The van der Waals surface area contributed by atoms with Gasteiger partial charge in [0, 0.05) is 5.75 Å².